The molecule has 0 radical (unpaired) electrons. The molecular formula is C23H27FN6O. The van der Waals surface area contributed by atoms with Crippen molar-refractivity contribution in [1.29, 1.82) is 0 Å². The van der Waals surface area contributed by atoms with Gasteiger partial charge in [-0.1, -0.05) is 0 Å². The predicted molar refractivity (Wildman–Crippen MR) is 117 cm³/mol. The Balaban J connectivity index is 1.38. The molecule has 2 aromatic heterocycles. The summed E-state index contributed by atoms with van der Waals surface area (Å²) in [4.78, 5) is 8.14. The topological polar surface area (TPSA) is 70.3 Å². The number of halogens is 1. The molecule has 3 fully saturated rings. The Hall–Kier alpha value is -3.00. The van der Waals surface area contributed by atoms with E-state index in [0.717, 1.165) is 25.1 Å². The van der Waals surface area contributed by atoms with Crippen molar-refractivity contribution in [3.8, 4) is 22.7 Å². The fraction of sp³-hybridized carbons (Fsp3) is 0.435. The number of fused-ring (bicyclic) bond motifs is 3. The largest absolute Gasteiger partial charge is 0.507 e. The highest BCUT2D eigenvalue weighted by molar-refractivity contribution is 5.69. The molecule has 1 saturated carbocycles. The van der Waals surface area contributed by atoms with E-state index in [1.807, 2.05) is 60.9 Å². The third-order valence-electron chi connectivity index (χ3n) is 7.30. The molecule has 0 amide bonds. The lowest BCUT2D eigenvalue weighted by Crippen LogP contribution is -2.70. The lowest BCUT2D eigenvalue weighted by molar-refractivity contribution is -0.0816. The summed E-state index contributed by atoms with van der Waals surface area (Å²) in [5.41, 5.74) is 1.55. The van der Waals surface area contributed by atoms with E-state index in [9.17, 15) is 5.11 Å². The Labute approximate surface area is 181 Å². The number of alkyl halides is 1. The normalized spacial score (nSPS) is 28.1. The minimum atomic E-state index is -0.948. The summed E-state index contributed by atoms with van der Waals surface area (Å²) < 4.78 is 17.3. The molecular weight excluding hydrogens is 395 g/mol. The molecule has 4 atom stereocenters. The van der Waals surface area contributed by atoms with Gasteiger partial charge in [-0.05, 0) is 57.0 Å². The number of phenols is 1. The summed E-state index contributed by atoms with van der Waals surface area (Å²) in [5.74, 6) is 1.03. The second-order valence-corrected chi connectivity index (χ2v) is 8.99. The summed E-state index contributed by atoms with van der Waals surface area (Å²) >= 11 is 0. The number of imidazole rings is 1. The molecule has 2 bridgehead atoms. The third kappa shape index (κ3) is 3.17. The van der Waals surface area contributed by atoms with Crippen LogP contribution in [0.1, 0.15) is 19.8 Å². The SMILES string of the molecule is CN(c1ccc(-c2ccc(-n3ccnc3)cc2O)nn1)[C@@H]1[C@H]2CC[C@@](C)([C@H]1F)N(C)C2. The van der Waals surface area contributed by atoms with Gasteiger partial charge in [0.15, 0.2) is 5.82 Å². The van der Waals surface area contributed by atoms with Gasteiger partial charge in [-0.3, -0.25) is 4.90 Å². The highest BCUT2D eigenvalue weighted by Crippen LogP contribution is 2.46. The van der Waals surface area contributed by atoms with Gasteiger partial charge in [-0.15, -0.1) is 10.2 Å². The third-order valence-corrected chi connectivity index (χ3v) is 7.30. The molecule has 8 heteroatoms. The van der Waals surface area contributed by atoms with Crippen molar-refractivity contribution in [2.75, 3.05) is 25.5 Å². The smallest absolute Gasteiger partial charge is 0.151 e. The molecule has 3 aromatic rings. The number of nitrogens with zero attached hydrogens (tertiary/aromatic N) is 6. The van der Waals surface area contributed by atoms with Gasteiger partial charge in [0.05, 0.1) is 29.3 Å². The van der Waals surface area contributed by atoms with Crippen molar-refractivity contribution in [3.05, 3.63) is 49.1 Å². The van der Waals surface area contributed by atoms with E-state index in [2.05, 4.69) is 20.1 Å². The van der Waals surface area contributed by atoms with Gasteiger partial charge in [0.2, 0.25) is 0 Å². The number of benzene rings is 1. The van der Waals surface area contributed by atoms with Gasteiger partial charge in [0.1, 0.15) is 11.9 Å². The monoisotopic (exact) mass is 422 g/mol. The molecule has 31 heavy (non-hydrogen) atoms. The molecule has 7 nitrogen and oxygen atoms in total. The second kappa shape index (κ2) is 7.30. The molecule has 2 saturated heterocycles. The Bertz CT molecular complexity index is 1070. The summed E-state index contributed by atoms with van der Waals surface area (Å²) in [7, 11) is 3.93. The van der Waals surface area contributed by atoms with Gasteiger partial charge in [0.25, 0.3) is 0 Å². The van der Waals surface area contributed by atoms with Crippen LogP contribution in [0.15, 0.2) is 49.1 Å². The Kier molecular flexibility index (Phi) is 4.69. The molecule has 1 aliphatic carbocycles. The molecule has 2 aliphatic heterocycles. The predicted octanol–water partition coefficient (Wildman–Crippen LogP) is 3.29. The number of piperidine rings is 2. The van der Waals surface area contributed by atoms with Crippen molar-refractivity contribution in [1.82, 2.24) is 24.6 Å². The van der Waals surface area contributed by atoms with Crippen molar-refractivity contribution < 1.29 is 9.50 Å². The molecule has 0 spiro atoms. The quantitative estimate of drug-likeness (QED) is 0.696. The van der Waals surface area contributed by atoms with Crippen LogP contribution in [0.25, 0.3) is 16.9 Å². The molecule has 162 valence electrons. The average molecular weight is 423 g/mol. The lowest BCUT2D eigenvalue weighted by atomic mass is 9.67. The zero-order valence-corrected chi connectivity index (χ0v) is 18.0. The molecule has 0 unspecified atom stereocenters. The van der Waals surface area contributed by atoms with E-state index in [-0.39, 0.29) is 17.7 Å². The highest BCUT2D eigenvalue weighted by atomic mass is 19.1. The fourth-order valence-corrected chi connectivity index (χ4v) is 5.19. The van der Waals surface area contributed by atoms with Gasteiger partial charge in [-0.2, -0.15) is 0 Å². The van der Waals surface area contributed by atoms with Crippen molar-refractivity contribution in [2.24, 2.45) is 5.92 Å². The van der Waals surface area contributed by atoms with Crippen molar-refractivity contribution in [3.63, 3.8) is 0 Å². The highest BCUT2D eigenvalue weighted by Gasteiger charge is 2.55. The summed E-state index contributed by atoms with van der Waals surface area (Å²) in [6.07, 6.45) is 6.14. The second-order valence-electron chi connectivity index (χ2n) is 8.99. The summed E-state index contributed by atoms with van der Waals surface area (Å²) in [5, 5.41) is 19.2. The number of rotatable bonds is 4. The van der Waals surface area contributed by atoms with E-state index in [4.69, 9.17) is 0 Å². The number of phenolic OH excluding ortho intramolecular Hbond substituents is 1. The first kappa shape index (κ1) is 19.9. The molecule has 1 aromatic carbocycles. The average Bonchev–Trinajstić information content (AvgIpc) is 3.30. The van der Waals surface area contributed by atoms with Crippen LogP contribution in [0.3, 0.4) is 0 Å². The van der Waals surface area contributed by atoms with Gasteiger partial charge in [0, 0.05) is 37.6 Å². The molecule has 6 rings (SSSR count). The minimum Gasteiger partial charge on any atom is -0.507 e. The zero-order chi connectivity index (χ0) is 21.8. The first-order valence-electron chi connectivity index (χ1n) is 10.6. The molecule has 3 aliphatic rings. The Morgan fingerprint density at radius 3 is 2.71 bits per heavy atom. The summed E-state index contributed by atoms with van der Waals surface area (Å²) in [6, 6.07) is 8.84. The van der Waals surface area contributed by atoms with Crippen LogP contribution in [-0.4, -0.2) is 68.1 Å². The van der Waals surface area contributed by atoms with Gasteiger partial charge < -0.3 is 14.6 Å². The zero-order valence-electron chi connectivity index (χ0n) is 18.0. The number of hydrogen-bond acceptors (Lipinski definition) is 6. The van der Waals surface area contributed by atoms with E-state index >= 15 is 4.39 Å². The van der Waals surface area contributed by atoms with Crippen molar-refractivity contribution >= 4 is 5.82 Å². The van der Waals surface area contributed by atoms with Crippen molar-refractivity contribution in [2.45, 2.75) is 37.5 Å². The first-order chi connectivity index (χ1) is 14.9. The number of aromatic nitrogens is 4. The maximum atomic E-state index is 15.5. The maximum absolute atomic E-state index is 15.5. The Morgan fingerprint density at radius 1 is 1.23 bits per heavy atom. The van der Waals surface area contributed by atoms with Gasteiger partial charge in [-0.25, -0.2) is 9.37 Å². The van der Waals surface area contributed by atoms with Crippen LogP contribution in [0.5, 0.6) is 5.75 Å². The van der Waals surface area contributed by atoms with E-state index in [1.165, 1.54) is 0 Å². The number of hydrogen-bond donors (Lipinski definition) is 1. The van der Waals surface area contributed by atoms with Crippen LogP contribution in [0.4, 0.5) is 10.2 Å². The summed E-state index contributed by atoms with van der Waals surface area (Å²) in [6.45, 7) is 2.92. The Morgan fingerprint density at radius 2 is 2.06 bits per heavy atom. The van der Waals surface area contributed by atoms with Crippen LogP contribution in [0, 0.1) is 5.92 Å². The standard InChI is InChI=1S/C23H27FN6O/c1-23-9-8-15(13-28(23)2)21(22(23)24)29(3)20-7-6-18(26-27-20)17-5-4-16(12-19(17)31)30-11-10-25-14-30/h4-7,10-12,14-15,21-22,31H,8-9,13H2,1-3H3/t15-,21+,22-,23-/m0/s1. The van der Waals surface area contributed by atoms with Crippen LogP contribution < -0.4 is 4.90 Å². The van der Waals surface area contributed by atoms with E-state index in [1.54, 1.807) is 18.6 Å². The van der Waals surface area contributed by atoms with Crippen LogP contribution in [-0.2, 0) is 0 Å². The fourth-order valence-electron chi connectivity index (χ4n) is 5.19. The van der Waals surface area contributed by atoms with Crippen LogP contribution in [0.2, 0.25) is 0 Å². The van der Waals surface area contributed by atoms with Gasteiger partial charge >= 0.3 is 0 Å². The minimum absolute atomic E-state index is 0.117. The molecule has 1 N–H and O–H groups in total. The van der Waals surface area contributed by atoms with E-state index < -0.39 is 11.7 Å². The first-order valence-corrected chi connectivity index (χ1v) is 10.6. The number of anilines is 1. The maximum Gasteiger partial charge on any atom is 0.151 e. The lowest BCUT2D eigenvalue weighted by Gasteiger charge is -2.58. The van der Waals surface area contributed by atoms with E-state index in [0.29, 0.717) is 17.1 Å². The number of aromatic hydroxyl groups is 1. The van der Waals surface area contributed by atoms with Crippen LogP contribution >= 0.6 is 0 Å². The molecule has 4 heterocycles.